The van der Waals surface area contributed by atoms with Crippen molar-refractivity contribution in [2.75, 3.05) is 5.33 Å². The van der Waals surface area contributed by atoms with Crippen LogP contribution in [0.4, 0.5) is 0 Å². The van der Waals surface area contributed by atoms with E-state index in [-0.39, 0.29) is 11.4 Å². The highest BCUT2D eigenvalue weighted by Gasteiger charge is 2.37. The van der Waals surface area contributed by atoms with Crippen LogP contribution >= 0.6 is 47.8 Å². The monoisotopic (exact) mass is 398 g/mol. The summed E-state index contributed by atoms with van der Waals surface area (Å²) in [6.45, 7) is 2.02. The van der Waals surface area contributed by atoms with Gasteiger partial charge in [-0.05, 0) is 44.8 Å². The maximum Gasteiger partial charge on any atom is 0.141 e. The highest BCUT2D eigenvalue weighted by molar-refractivity contribution is 9.11. The Morgan fingerprint density at radius 2 is 2.13 bits per heavy atom. The number of aromatic hydroxyl groups is 1. The first-order valence-corrected chi connectivity index (χ1v) is 7.12. The smallest absolute Gasteiger partial charge is 0.141 e. The molecule has 0 saturated heterocycles. The zero-order chi connectivity index (χ0) is 11.2. The molecule has 1 aliphatic heterocycles. The summed E-state index contributed by atoms with van der Waals surface area (Å²) in [6.07, 6.45) is 0.706. The molecule has 0 aliphatic carbocycles. The predicted octanol–water partition coefficient (Wildman–Crippen LogP) is 4.01. The zero-order valence-electron chi connectivity index (χ0n) is 7.98. The molecule has 5 heteroatoms. The molecule has 1 aromatic rings. The van der Waals surface area contributed by atoms with Crippen LogP contribution in [0.15, 0.2) is 15.0 Å². The number of benzene rings is 1. The maximum atomic E-state index is 9.91. The van der Waals surface area contributed by atoms with Gasteiger partial charge in [-0.25, -0.2) is 0 Å². The van der Waals surface area contributed by atoms with E-state index in [1.165, 1.54) is 0 Å². The van der Waals surface area contributed by atoms with E-state index in [1.807, 2.05) is 6.92 Å². The second-order valence-corrected chi connectivity index (χ2v) is 6.13. The molecule has 1 unspecified atom stereocenters. The lowest BCUT2D eigenvalue weighted by molar-refractivity contribution is 0.144. The highest BCUT2D eigenvalue weighted by atomic mass is 79.9. The first kappa shape index (κ1) is 11.7. The Morgan fingerprint density at radius 3 is 2.73 bits per heavy atom. The molecule has 82 valence electrons. The van der Waals surface area contributed by atoms with Crippen molar-refractivity contribution in [3.05, 3.63) is 20.6 Å². The number of hydrogen-bond acceptors (Lipinski definition) is 2. The third kappa shape index (κ3) is 1.94. The minimum atomic E-state index is -0.275. The summed E-state index contributed by atoms with van der Waals surface area (Å²) >= 11 is 10.2. The van der Waals surface area contributed by atoms with Crippen LogP contribution in [0, 0.1) is 0 Å². The van der Waals surface area contributed by atoms with Gasteiger partial charge in [0, 0.05) is 17.3 Å². The van der Waals surface area contributed by atoms with Crippen LogP contribution in [0.5, 0.6) is 11.5 Å². The number of phenolic OH excluding ortho intramolecular Hbond substituents is 1. The van der Waals surface area contributed by atoms with Crippen molar-refractivity contribution in [3.63, 3.8) is 0 Å². The number of halogens is 3. The summed E-state index contributed by atoms with van der Waals surface area (Å²) in [7, 11) is 0. The molecule has 1 heterocycles. The first-order chi connectivity index (χ1) is 6.97. The van der Waals surface area contributed by atoms with Crippen LogP contribution in [0.3, 0.4) is 0 Å². The lowest BCUT2D eigenvalue weighted by Crippen LogP contribution is -2.31. The number of alkyl halides is 1. The molecular formula is C10H9Br3O2. The number of fused-ring (bicyclic) bond motifs is 1. The molecule has 2 rings (SSSR count). The summed E-state index contributed by atoms with van der Waals surface area (Å²) in [4.78, 5) is 0. The Morgan fingerprint density at radius 1 is 1.47 bits per heavy atom. The summed E-state index contributed by atoms with van der Waals surface area (Å²) in [5.41, 5.74) is 0.585. The summed E-state index contributed by atoms with van der Waals surface area (Å²) in [6, 6.07) is 1.80. The van der Waals surface area contributed by atoms with Gasteiger partial charge in [0.15, 0.2) is 0 Å². The minimum absolute atomic E-state index is 0.275. The Kier molecular flexibility index (Phi) is 3.07. The van der Waals surface area contributed by atoms with Crippen molar-refractivity contribution in [1.29, 1.82) is 0 Å². The van der Waals surface area contributed by atoms with Crippen LogP contribution in [0.25, 0.3) is 0 Å². The van der Waals surface area contributed by atoms with E-state index in [0.29, 0.717) is 10.9 Å². The number of phenols is 1. The Balaban J connectivity index is 2.54. The number of rotatable bonds is 1. The van der Waals surface area contributed by atoms with Gasteiger partial charge in [-0.3, -0.25) is 0 Å². The second-order valence-electron chi connectivity index (χ2n) is 3.86. The van der Waals surface area contributed by atoms with Gasteiger partial charge in [0.05, 0.1) is 8.95 Å². The standard InChI is InChI=1S/C10H9Br3O2/c1-10(4-11)3-5-8(14)6(12)2-7(13)9(5)15-10/h2,14H,3-4H2,1H3. The van der Waals surface area contributed by atoms with E-state index in [0.717, 1.165) is 21.1 Å². The Hall–Kier alpha value is 0.260. The van der Waals surface area contributed by atoms with Gasteiger partial charge in [-0.15, -0.1) is 0 Å². The fourth-order valence-corrected chi connectivity index (χ4v) is 3.28. The summed E-state index contributed by atoms with van der Waals surface area (Å²) < 4.78 is 7.39. The molecule has 1 atom stereocenters. The zero-order valence-corrected chi connectivity index (χ0v) is 12.7. The third-order valence-corrected chi connectivity index (χ3v) is 4.82. The largest absolute Gasteiger partial charge is 0.506 e. The topological polar surface area (TPSA) is 29.5 Å². The lowest BCUT2D eigenvalue weighted by Gasteiger charge is -2.20. The molecule has 0 fully saturated rings. The molecule has 1 aromatic carbocycles. The van der Waals surface area contributed by atoms with Gasteiger partial charge >= 0.3 is 0 Å². The molecular weight excluding hydrogens is 392 g/mol. The SMILES string of the molecule is CC1(CBr)Cc2c(O)c(Br)cc(Br)c2O1. The fraction of sp³-hybridized carbons (Fsp3) is 0.400. The quantitative estimate of drug-likeness (QED) is 0.722. The van der Waals surface area contributed by atoms with Crippen LogP contribution in [0.2, 0.25) is 0 Å². The highest BCUT2D eigenvalue weighted by Crippen LogP contribution is 2.48. The van der Waals surface area contributed by atoms with Crippen LogP contribution < -0.4 is 4.74 Å². The first-order valence-electron chi connectivity index (χ1n) is 4.42. The minimum Gasteiger partial charge on any atom is -0.506 e. The molecule has 0 saturated carbocycles. The number of hydrogen-bond donors (Lipinski definition) is 1. The Bertz CT molecular complexity index is 420. The molecule has 0 bridgehead atoms. The lowest BCUT2D eigenvalue weighted by atomic mass is 10.0. The molecule has 1 N–H and O–H groups in total. The Labute approximate surface area is 113 Å². The van der Waals surface area contributed by atoms with Crippen molar-refractivity contribution in [3.8, 4) is 11.5 Å². The second kappa shape index (κ2) is 3.93. The third-order valence-electron chi connectivity index (χ3n) is 2.44. The average molecular weight is 401 g/mol. The average Bonchev–Trinajstić information content (AvgIpc) is 2.55. The van der Waals surface area contributed by atoms with Gasteiger partial charge in [0.25, 0.3) is 0 Å². The molecule has 2 nitrogen and oxygen atoms in total. The molecule has 15 heavy (non-hydrogen) atoms. The van der Waals surface area contributed by atoms with E-state index in [4.69, 9.17) is 4.74 Å². The van der Waals surface area contributed by atoms with Gasteiger partial charge in [-0.2, -0.15) is 0 Å². The predicted molar refractivity (Wildman–Crippen MR) is 70.0 cm³/mol. The van der Waals surface area contributed by atoms with E-state index < -0.39 is 0 Å². The van der Waals surface area contributed by atoms with Crippen LogP contribution in [-0.4, -0.2) is 16.0 Å². The van der Waals surface area contributed by atoms with Crippen molar-refractivity contribution in [1.82, 2.24) is 0 Å². The summed E-state index contributed by atoms with van der Waals surface area (Å²) in [5, 5.41) is 10.6. The van der Waals surface area contributed by atoms with Gasteiger partial charge in [0.2, 0.25) is 0 Å². The maximum absolute atomic E-state index is 9.91. The van der Waals surface area contributed by atoms with E-state index in [9.17, 15) is 5.11 Å². The molecule has 0 aromatic heterocycles. The molecule has 0 spiro atoms. The van der Waals surface area contributed by atoms with Crippen molar-refractivity contribution in [2.45, 2.75) is 18.9 Å². The van der Waals surface area contributed by atoms with Gasteiger partial charge in [-0.1, -0.05) is 15.9 Å². The van der Waals surface area contributed by atoms with E-state index in [2.05, 4.69) is 47.8 Å². The normalized spacial score (nSPS) is 23.7. The van der Waals surface area contributed by atoms with E-state index in [1.54, 1.807) is 6.07 Å². The summed E-state index contributed by atoms with van der Waals surface area (Å²) in [5.74, 6) is 1.02. The van der Waals surface area contributed by atoms with Crippen molar-refractivity contribution >= 4 is 47.8 Å². The van der Waals surface area contributed by atoms with Gasteiger partial charge < -0.3 is 9.84 Å². The fourth-order valence-electron chi connectivity index (χ4n) is 1.65. The van der Waals surface area contributed by atoms with E-state index >= 15 is 0 Å². The van der Waals surface area contributed by atoms with Crippen LogP contribution in [0.1, 0.15) is 12.5 Å². The number of ether oxygens (including phenoxy) is 1. The van der Waals surface area contributed by atoms with Crippen molar-refractivity contribution in [2.24, 2.45) is 0 Å². The molecule has 1 aliphatic rings. The van der Waals surface area contributed by atoms with Gasteiger partial charge in [0.1, 0.15) is 17.1 Å². The van der Waals surface area contributed by atoms with Crippen molar-refractivity contribution < 1.29 is 9.84 Å². The van der Waals surface area contributed by atoms with Crippen LogP contribution in [-0.2, 0) is 6.42 Å². The molecule has 0 amide bonds. The molecule has 0 radical (unpaired) electrons.